The third-order valence-electron chi connectivity index (χ3n) is 3.87. The molecule has 1 fully saturated rings. The molecule has 124 valence electrons. The van der Waals surface area contributed by atoms with Gasteiger partial charge in [0.25, 0.3) is 0 Å². The third-order valence-corrected chi connectivity index (χ3v) is 5.53. The van der Waals surface area contributed by atoms with Gasteiger partial charge in [-0.25, -0.2) is 13.1 Å². The maximum Gasteiger partial charge on any atom is 0.240 e. The van der Waals surface area contributed by atoms with Gasteiger partial charge in [-0.2, -0.15) is 0 Å². The van der Waals surface area contributed by atoms with E-state index in [9.17, 15) is 8.42 Å². The van der Waals surface area contributed by atoms with E-state index in [0.29, 0.717) is 30.7 Å². The van der Waals surface area contributed by atoms with Gasteiger partial charge >= 0.3 is 0 Å². The SMILES string of the molecule is CC(C)C(CNS(=O)(=O)c1cccc(Cl)c1)N1CCOCC1. The number of sulfonamides is 1. The molecule has 1 aliphatic rings. The Hall–Kier alpha value is -0.660. The van der Waals surface area contributed by atoms with E-state index < -0.39 is 10.0 Å². The molecule has 1 N–H and O–H groups in total. The van der Waals surface area contributed by atoms with Crippen LogP contribution in [-0.4, -0.2) is 52.2 Å². The Morgan fingerprint density at radius 1 is 1.32 bits per heavy atom. The summed E-state index contributed by atoms with van der Waals surface area (Å²) in [6.07, 6.45) is 0. The molecule has 1 aliphatic heterocycles. The zero-order chi connectivity index (χ0) is 16.2. The quantitative estimate of drug-likeness (QED) is 0.855. The summed E-state index contributed by atoms with van der Waals surface area (Å²) in [5, 5.41) is 0.413. The van der Waals surface area contributed by atoms with Crippen LogP contribution in [0.1, 0.15) is 13.8 Å². The van der Waals surface area contributed by atoms with Crippen molar-refractivity contribution in [1.82, 2.24) is 9.62 Å². The number of hydrogen-bond acceptors (Lipinski definition) is 4. The first-order chi connectivity index (χ1) is 10.4. The standard InChI is InChI=1S/C15H23ClN2O3S/c1-12(2)15(18-6-8-21-9-7-18)11-17-22(19,20)14-5-3-4-13(16)10-14/h3-5,10,12,15,17H,6-9,11H2,1-2H3. The third kappa shape index (κ3) is 4.67. The van der Waals surface area contributed by atoms with Crippen molar-refractivity contribution in [2.45, 2.75) is 24.8 Å². The zero-order valence-electron chi connectivity index (χ0n) is 13.0. The summed E-state index contributed by atoms with van der Waals surface area (Å²) in [6.45, 7) is 7.66. The summed E-state index contributed by atoms with van der Waals surface area (Å²) in [4.78, 5) is 2.48. The van der Waals surface area contributed by atoms with Gasteiger partial charge in [-0.3, -0.25) is 4.90 Å². The maximum atomic E-state index is 12.4. The van der Waals surface area contributed by atoms with E-state index in [1.807, 2.05) is 0 Å². The predicted octanol–water partition coefficient (Wildman–Crippen LogP) is 1.98. The number of morpholine rings is 1. The molecule has 1 heterocycles. The van der Waals surface area contributed by atoms with Crippen molar-refractivity contribution in [3.8, 4) is 0 Å². The molecular formula is C15H23ClN2O3S. The molecule has 0 amide bonds. The number of benzene rings is 1. The number of hydrogen-bond donors (Lipinski definition) is 1. The average molecular weight is 347 g/mol. The van der Waals surface area contributed by atoms with Crippen LogP contribution >= 0.6 is 11.6 Å². The highest BCUT2D eigenvalue weighted by Gasteiger charge is 2.25. The first-order valence-corrected chi connectivity index (χ1v) is 9.33. The monoisotopic (exact) mass is 346 g/mol. The number of nitrogens with zero attached hydrogens (tertiary/aromatic N) is 1. The maximum absolute atomic E-state index is 12.4. The Morgan fingerprint density at radius 3 is 2.59 bits per heavy atom. The molecule has 7 heteroatoms. The summed E-state index contributed by atoms with van der Waals surface area (Å²) in [5.41, 5.74) is 0. The summed E-state index contributed by atoms with van der Waals surface area (Å²) < 4.78 is 32.8. The van der Waals surface area contributed by atoms with E-state index >= 15 is 0 Å². The minimum Gasteiger partial charge on any atom is -0.379 e. The van der Waals surface area contributed by atoms with Crippen molar-refractivity contribution in [2.75, 3.05) is 32.8 Å². The van der Waals surface area contributed by atoms with Crippen molar-refractivity contribution in [3.63, 3.8) is 0 Å². The van der Waals surface area contributed by atoms with Gasteiger partial charge in [-0.05, 0) is 24.1 Å². The molecule has 0 saturated carbocycles. The lowest BCUT2D eigenvalue weighted by molar-refractivity contribution is 0.00776. The molecule has 2 rings (SSSR count). The van der Waals surface area contributed by atoms with Gasteiger partial charge in [0.15, 0.2) is 0 Å². The van der Waals surface area contributed by atoms with Crippen LogP contribution in [0.15, 0.2) is 29.2 Å². The predicted molar refractivity (Wildman–Crippen MR) is 87.7 cm³/mol. The first kappa shape index (κ1) is 17.7. The summed E-state index contributed by atoms with van der Waals surface area (Å²) in [7, 11) is -3.54. The van der Waals surface area contributed by atoms with Gasteiger partial charge in [0.05, 0.1) is 18.1 Å². The molecule has 1 saturated heterocycles. The molecule has 1 unspecified atom stereocenters. The van der Waals surface area contributed by atoms with Crippen molar-refractivity contribution in [3.05, 3.63) is 29.3 Å². The molecular weight excluding hydrogens is 324 g/mol. The Balaban J connectivity index is 2.05. The lowest BCUT2D eigenvalue weighted by Crippen LogP contribution is -2.51. The summed E-state index contributed by atoms with van der Waals surface area (Å²) >= 11 is 5.87. The fraction of sp³-hybridized carbons (Fsp3) is 0.600. The summed E-state index contributed by atoms with van der Waals surface area (Å²) in [5.74, 6) is 0.347. The number of nitrogens with one attached hydrogen (secondary N) is 1. The smallest absolute Gasteiger partial charge is 0.240 e. The Bertz CT molecular complexity index is 586. The molecule has 5 nitrogen and oxygen atoms in total. The fourth-order valence-electron chi connectivity index (χ4n) is 2.61. The van der Waals surface area contributed by atoms with E-state index in [2.05, 4.69) is 23.5 Å². The molecule has 0 spiro atoms. The number of rotatable bonds is 6. The van der Waals surface area contributed by atoms with Gasteiger partial charge in [0, 0.05) is 30.7 Å². The van der Waals surface area contributed by atoms with Crippen LogP contribution < -0.4 is 4.72 Å². The fourth-order valence-corrected chi connectivity index (χ4v) is 3.96. The van der Waals surface area contributed by atoms with Gasteiger partial charge in [0.1, 0.15) is 0 Å². The first-order valence-electron chi connectivity index (χ1n) is 7.47. The van der Waals surface area contributed by atoms with Gasteiger partial charge < -0.3 is 4.74 Å². The van der Waals surface area contributed by atoms with Crippen LogP contribution in [0.4, 0.5) is 0 Å². The van der Waals surface area contributed by atoms with E-state index in [1.165, 1.54) is 6.07 Å². The van der Waals surface area contributed by atoms with Crippen molar-refractivity contribution >= 4 is 21.6 Å². The second-order valence-electron chi connectivity index (χ2n) is 5.77. The van der Waals surface area contributed by atoms with Crippen molar-refractivity contribution < 1.29 is 13.2 Å². The lowest BCUT2D eigenvalue weighted by atomic mass is 10.0. The van der Waals surface area contributed by atoms with Crippen LogP contribution in [0.2, 0.25) is 5.02 Å². The lowest BCUT2D eigenvalue weighted by Gasteiger charge is -2.36. The number of halogens is 1. The second-order valence-corrected chi connectivity index (χ2v) is 7.97. The van der Waals surface area contributed by atoms with Crippen LogP contribution in [0.5, 0.6) is 0 Å². The highest BCUT2D eigenvalue weighted by molar-refractivity contribution is 7.89. The molecule has 1 aromatic carbocycles. The van der Waals surface area contributed by atoms with Gasteiger partial charge in [-0.15, -0.1) is 0 Å². The van der Waals surface area contributed by atoms with E-state index in [1.54, 1.807) is 18.2 Å². The topological polar surface area (TPSA) is 58.6 Å². The van der Waals surface area contributed by atoms with Crippen LogP contribution in [0, 0.1) is 5.92 Å². The zero-order valence-corrected chi connectivity index (χ0v) is 14.5. The second kappa shape index (κ2) is 7.75. The molecule has 22 heavy (non-hydrogen) atoms. The van der Waals surface area contributed by atoms with E-state index in [-0.39, 0.29) is 10.9 Å². The highest BCUT2D eigenvalue weighted by Crippen LogP contribution is 2.17. The normalized spacial score (nSPS) is 18.5. The minimum atomic E-state index is -3.54. The average Bonchev–Trinajstić information content (AvgIpc) is 2.48. The van der Waals surface area contributed by atoms with Crippen LogP contribution in [0.25, 0.3) is 0 Å². The molecule has 0 aliphatic carbocycles. The van der Waals surface area contributed by atoms with Crippen LogP contribution in [0.3, 0.4) is 0 Å². The molecule has 0 aromatic heterocycles. The van der Waals surface area contributed by atoms with Crippen molar-refractivity contribution in [2.24, 2.45) is 5.92 Å². The largest absolute Gasteiger partial charge is 0.379 e. The molecule has 1 aromatic rings. The minimum absolute atomic E-state index is 0.151. The van der Waals surface area contributed by atoms with E-state index in [4.69, 9.17) is 16.3 Å². The van der Waals surface area contributed by atoms with E-state index in [0.717, 1.165) is 13.1 Å². The highest BCUT2D eigenvalue weighted by atomic mass is 35.5. The molecule has 0 radical (unpaired) electrons. The molecule has 0 bridgehead atoms. The van der Waals surface area contributed by atoms with Crippen molar-refractivity contribution in [1.29, 1.82) is 0 Å². The van der Waals surface area contributed by atoms with Crippen LogP contribution in [-0.2, 0) is 14.8 Å². The Kier molecular flexibility index (Phi) is 6.23. The summed E-state index contributed by atoms with van der Waals surface area (Å²) in [6, 6.07) is 6.46. The van der Waals surface area contributed by atoms with Gasteiger partial charge in [-0.1, -0.05) is 31.5 Å². The number of ether oxygens (including phenoxy) is 1. The van der Waals surface area contributed by atoms with Gasteiger partial charge in [0.2, 0.25) is 10.0 Å². The molecule has 1 atom stereocenters. The Labute approximate surface area is 137 Å². The Morgan fingerprint density at radius 2 is 2.00 bits per heavy atom.